The van der Waals surface area contributed by atoms with E-state index in [1.54, 1.807) is 12.1 Å². The van der Waals surface area contributed by atoms with Crippen LogP contribution in [0.3, 0.4) is 0 Å². The van der Waals surface area contributed by atoms with Crippen LogP contribution in [0.5, 0.6) is 5.75 Å². The van der Waals surface area contributed by atoms with Gasteiger partial charge in [-0.05, 0) is 25.1 Å². The SMILES string of the molecule is CCOc1cc(Br)ccc1F. The smallest absolute Gasteiger partial charge is 0.165 e. The Morgan fingerprint density at radius 1 is 1.55 bits per heavy atom. The monoisotopic (exact) mass is 218 g/mol. The summed E-state index contributed by atoms with van der Waals surface area (Å²) in [6, 6.07) is 4.62. The van der Waals surface area contributed by atoms with Crippen molar-refractivity contribution >= 4 is 15.9 Å². The second-order valence-corrected chi connectivity index (χ2v) is 2.92. The minimum absolute atomic E-state index is 0.293. The summed E-state index contributed by atoms with van der Waals surface area (Å²) in [7, 11) is 0. The first-order chi connectivity index (χ1) is 5.24. The van der Waals surface area contributed by atoms with E-state index in [4.69, 9.17) is 4.74 Å². The largest absolute Gasteiger partial charge is 0.491 e. The fourth-order valence-corrected chi connectivity index (χ4v) is 1.08. The summed E-state index contributed by atoms with van der Waals surface area (Å²) >= 11 is 3.22. The standard InChI is InChI=1S/C8H8BrFO/c1-2-11-8-5-6(9)3-4-7(8)10/h3-5H,2H2,1H3. The van der Waals surface area contributed by atoms with Crippen LogP contribution >= 0.6 is 15.9 Å². The average Bonchev–Trinajstić information content (AvgIpc) is 1.98. The Labute approximate surface area is 73.3 Å². The highest BCUT2D eigenvalue weighted by Gasteiger charge is 2.01. The number of hydrogen-bond acceptors (Lipinski definition) is 1. The Morgan fingerprint density at radius 2 is 2.27 bits per heavy atom. The topological polar surface area (TPSA) is 9.23 Å². The lowest BCUT2D eigenvalue weighted by Gasteiger charge is -2.03. The summed E-state index contributed by atoms with van der Waals surface area (Å²) in [6.07, 6.45) is 0. The molecule has 1 aromatic rings. The zero-order valence-corrected chi connectivity index (χ0v) is 7.69. The van der Waals surface area contributed by atoms with Gasteiger partial charge in [-0.25, -0.2) is 4.39 Å². The first-order valence-corrected chi connectivity index (χ1v) is 4.11. The van der Waals surface area contributed by atoms with Gasteiger partial charge in [0.15, 0.2) is 11.6 Å². The van der Waals surface area contributed by atoms with Gasteiger partial charge in [-0.15, -0.1) is 0 Å². The zero-order chi connectivity index (χ0) is 8.27. The summed E-state index contributed by atoms with van der Waals surface area (Å²) in [5, 5.41) is 0. The molecule has 0 N–H and O–H groups in total. The summed E-state index contributed by atoms with van der Waals surface area (Å²) in [4.78, 5) is 0. The molecule has 1 rings (SSSR count). The van der Waals surface area contributed by atoms with Gasteiger partial charge in [-0.1, -0.05) is 15.9 Å². The van der Waals surface area contributed by atoms with Crippen molar-refractivity contribution in [2.75, 3.05) is 6.61 Å². The minimum Gasteiger partial charge on any atom is -0.491 e. The highest BCUT2D eigenvalue weighted by molar-refractivity contribution is 9.10. The minimum atomic E-state index is -0.324. The van der Waals surface area contributed by atoms with Crippen molar-refractivity contribution in [3.63, 3.8) is 0 Å². The van der Waals surface area contributed by atoms with E-state index in [1.165, 1.54) is 6.07 Å². The second kappa shape index (κ2) is 3.72. The van der Waals surface area contributed by atoms with Gasteiger partial charge in [0.25, 0.3) is 0 Å². The highest BCUT2D eigenvalue weighted by atomic mass is 79.9. The van der Waals surface area contributed by atoms with Crippen molar-refractivity contribution in [3.8, 4) is 5.75 Å². The first-order valence-electron chi connectivity index (χ1n) is 3.32. The van der Waals surface area contributed by atoms with Crippen LogP contribution in [-0.2, 0) is 0 Å². The fraction of sp³-hybridized carbons (Fsp3) is 0.250. The van der Waals surface area contributed by atoms with Gasteiger partial charge in [-0.2, -0.15) is 0 Å². The number of hydrogen-bond donors (Lipinski definition) is 0. The molecule has 0 saturated carbocycles. The molecule has 0 amide bonds. The Morgan fingerprint density at radius 3 is 2.91 bits per heavy atom. The van der Waals surface area contributed by atoms with Crippen molar-refractivity contribution in [1.82, 2.24) is 0 Å². The van der Waals surface area contributed by atoms with Gasteiger partial charge in [0.05, 0.1) is 6.61 Å². The maximum atomic E-state index is 12.8. The van der Waals surface area contributed by atoms with Gasteiger partial charge in [-0.3, -0.25) is 0 Å². The van der Waals surface area contributed by atoms with E-state index in [9.17, 15) is 4.39 Å². The molecule has 1 aromatic carbocycles. The molecule has 3 heteroatoms. The molecule has 0 radical (unpaired) electrons. The fourth-order valence-electron chi connectivity index (χ4n) is 0.743. The Bertz CT molecular complexity index is 250. The maximum Gasteiger partial charge on any atom is 0.165 e. The predicted molar refractivity (Wildman–Crippen MR) is 45.3 cm³/mol. The second-order valence-electron chi connectivity index (χ2n) is 2.01. The molecule has 0 saturated heterocycles. The van der Waals surface area contributed by atoms with E-state index in [0.29, 0.717) is 12.4 Å². The van der Waals surface area contributed by atoms with Gasteiger partial charge in [0, 0.05) is 4.47 Å². The Hall–Kier alpha value is -0.570. The van der Waals surface area contributed by atoms with E-state index in [2.05, 4.69) is 15.9 Å². The van der Waals surface area contributed by atoms with Crippen LogP contribution < -0.4 is 4.74 Å². The van der Waals surface area contributed by atoms with Gasteiger partial charge in [0.1, 0.15) is 0 Å². The highest BCUT2D eigenvalue weighted by Crippen LogP contribution is 2.21. The van der Waals surface area contributed by atoms with Crippen LogP contribution in [-0.4, -0.2) is 6.61 Å². The zero-order valence-electron chi connectivity index (χ0n) is 6.10. The van der Waals surface area contributed by atoms with Crippen LogP contribution in [0.4, 0.5) is 4.39 Å². The van der Waals surface area contributed by atoms with Crippen LogP contribution in [0.1, 0.15) is 6.92 Å². The van der Waals surface area contributed by atoms with Crippen molar-refractivity contribution in [3.05, 3.63) is 28.5 Å². The molecular formula is C8H8BrFO. The molecule has 0 fully saturated rings. The third-order valence-electron chi connectivity index (χ3n) is 1.19. The third kappa shape index (κ3) is 2.19. The van der Waals surface area contributed by atoms with E-state index in [0.717, 1.165) is 4.47 Å². The first kappa shape index (κ1) is 8.53. The molecule has 0 unspecified atom stereocenters. The lowest BCUT2D eigenvalue weighted by atomic mass is 10.3. The summed E-state index contributed by atoms with van der Waals surface area (Å²) < 4.78 is 18.6. The van der Waals surface area contributed by atoms with Gasteiger partial charge in [0.2, 0.25) is 0 Å². The van der Waals surface area contributed by atoms with E-state index in [-0.39, 0.29) is 5.82 Å². The summed E-state index contributed by atoms with van der Waals surface area (Å²) in [5.41, 5.74) is 0. The van der Waals surface area contributed by atoms with Crippen molar-refractivity contribution in [2.24, 2.45) is 0 Å². The summed E-state index contributed by atoms with van der Waals surface area (Å²) in [6.45, 7) is 2.30. The third-order valence-corrected chi connectivity index (χ3v) is 1.69. The van der Waals surface area contributed by atoms with E-state index >= 15 is 0 Å². The van der Waals surface area contributed by atoms with Gasteiger partial charge < -0.3 is 4.74 Å². The Kier molecular flexibility index (Phi) is 2.88. The molecule has 1 nitrogen and oxygen atoms in total. The number of ether oxygens (including phenoxy) is 1. The van der Waals surface area contributed by atoms with Crippen LogP contribution in [0.15, 0.2) is 22.7 Å². The molecule has 0 aliphatic rings. The maximum absolute atomic E-state index is 12.8. The van der Waals surface area contributed by atoms with E-state index in [1.807, 2.05) is 6.92 Å². The van der Waals surface area contributed by atoms with Crippen molar-refractivity contribution in [1.29, 1.82) is 0 Å². The lowest BCUT2D eigenvalue weighted by molar-refractivity contribution is 0.321. The van der Waals surface area contributed by atoms with Gasteiger partial charge >= 0.3 is 0 Å². The molecular weight excluding hydrogens is 211 g/mol. The molecule has 60 valence electrons. The predicted octanol–water partition coefficient (Wildman–Crippen LogP) is 2.99. The quantitative estimate of drug-likeness (QED) is 0.742. The number of halogens is 2. The molecule has 0 atom stereocenters. The number of benzene rings is 1. The van der Waals surface area contributed by atoms with Crippen LogP contribution in [0.25, 0.3) is 0 Å². The molecule has 0 aliphatic carbocycles. The lowest BCUT2D eigenvalue weighted by Crippen LogP contribution is -1.93. The average molecular weight is 219 g/mol. The molecule has 0 aromatic heterocycles. The van der Waals surface area contributed by atoms with Crippen LogP contribution in [0.2, 0.25) is 0 Å². The number of rotatable bonds is 2. The molecule has 0 aliphatic heterocycles. The van der Waals surface area contributed by atoms with E-state index < -0.39 is 0 Å². The normalized spacial score (nSPS) is 9.73. The molecule has 0 spiro atoms. The van der Waals surface area contributed by atoms with Crippen molar-refractivity contribution < 1.29 is 9.13 Å². The molecule has 11 heavy (non-hydrogen) atoms. The Balaban J connectivity index is 2.93. The molecule has 0 bridgehead atoms. The van der Waals surface area contributed by atoms with Crippen molar-refractivity contribution in [2.45, 2.75) is 6.92 Å². The summed E-state index contributed by atoms with van der Waals surface area (Å²) in [5.74, 6) is -0.0306. The van der Waals surface area contributed by atoms with Crippen LogP contribution in [0, 0.1) is 5.82 Å². The molecule has 0 heterocycles.